The molecule has 1 saturated heterocycles. The summed E-state index contributed by atoms with van der Waals surface area (Å²) in [7, 11) is 0. The van der Waals surface area contributed by atoms with Crippen molar-refractivity contribution in [3.05, 3.63) is 30.1 Å². The largest absolute Gasteiger partial charge is 0.488 e. The number of ether oxygens (including phenoxy) is 1. The molecular weight excluding hydrogens is 373 g/mol. The lowest BCUT2D eigenvalue weighted by Gasteiger charge is -2.39. The average molecular weight is 408 g/mol. The standard InChI is InChI=1S/C22H34FN3O3/c1-21(2,3)18(15-29-17-10-8-7-9-16(17)23)24-20(28)26-13-11-25(12-14-26)19(27)22(4,5)6/h7-10,18H,11-15H2,1-6H3,(H,24,28). The number of urea groups is 1. The summed E-state index contributed by atoms with van der Waals surface area (Å²) < 4.78 is 19.5. The van der Waals surface area contributed by atoms with Crippen LogP contribution in [-0.4, -0.2) is 60.6 Å². The van der Waals surface area contributed by atoms with Gasteiger partial charge in [-0.05, 0) is 17.5 Å². The van der Waals surface area contributed by atoms with Gasteiger partial charge in [-0.25, -0.2) is 9.18 Å². The van der Waals surface area contributed by atoms with Crippen molar-refractivity contribution >= 4 is 11.9 Å². The number of nitrogens with zero attached hydrogens (tertiary/aromatic N) is 2. The highest BCUT2D eigenvalue weighted by Gasteiger charge is 2.33. The number of benzene rings is 1. The van der Waals surface area contributed by atoms with E-state index >= 15 is 0 Å². The summed E-state index contributed by atoms with van der Waals surface area (Å²) >= 11 is 0. The third-order valence-electron chi connectivity index (χ3n) is 5.08. The van der Waals surface area contributed by atoms with Gasteiger partial charge >= 0.3 is 6.03 Å². The van der Waals surface area contributed by atoms with E-state index in [1.807, 2.05) is 46.4 Å². The van der Waals surface area contributed by atoms with Gasteiger partial charge in [0, 0.05) is 31.6 Å². The Morgan fingerprint density at radius 2 is 1.59 bits per heavy atom. The van der Waals surface area contributed by atoms with Crippen LogP contribution in [0.25, 0.3) is 0 Å². The number of piperazine rings is 1. The van der Waals surface area contributed by atoms with Gasteiger partial charge in [0.05, 0.1) is 6.04 Å². The molecule has 3 amide bonds. The van der Waals surface area contributed by atoms with Crippen LogP contribution in [0.3, 0.4) is 0 Å². The smallest absolute Gasteiger partial charge is 0.317 e. The molecule has 1 atom stereocenters. The molecule has 1 aromatic rings. The summed E-state index contributed by atoms with van der Waals surface area (Å²) in [5.41, 5.74) is -0.698. The Kier molecular flexibility index (Phi) is 7.14. The highest BCUT2D eigenvalue weighted by atomic mass is 19.1. The van der Waals surface area contributed by atoms with Gasteiger partial charge in [-0.2, -0.15) is 0 Å². The van der Waals surface area contributed by atoms with E-state index in [0.29, 0.717) is 26.2 Å². The van der Waals surface area contributed by atoms with Crippen LogP contribution in [0.4, 0.5) is 9.18 Å². The average Bonchev–Trinajstić information content (AvgIpc) is 2.64. The van der Waals surface area contributed by atoms with E-state index in [0.717, 1.165) is 0 Å². The van der Waals surface area contributed by atoms with Gasteiger partial charge in [-0.3, -0.25) is 4.79 Å². The van der Waals surface area contributed by atoms with Crippen LogP contribution < -0.4 is 10.1 Å². The van der Waals surface area contributed by atoms with Crippen LogP contribution in [0.15, 0.2) is 24.3 Å². The third-order valence-corrected chi connectivity index (χ3v) is 5.08. The number of nitrogens with one attached hydrogen (secondary N) is 1. The van der Waals surface area contributed by atoms with Crippen LogP contribution in [0.1, 0.15) is 41.5 Å². The maximum Gasteiger partial charge on any atom is 0.317 e. The van der Waals surface area contributed by atoms with Crippen molar-refractivity contribution in [1.29, 1.82) is 0 Å². The Hall–Kier alpha value is -2.31. The monoisotopic (exact) mass is 407 g/mol. The van der Waals surface area contributed by atoms with Crippen molar-refractivity contribution in [2.75, 3.05) is 32.8 Å². The molecule has 1 aliphatic rings. The molecule has 6 nitrogen and oxygen atoms in total. The van der Waals surface area contributed by atoms with Crippen molar-refractivity contribution < 1.29 is 18.7 Å². The summed E-state index contributed by atoms with van der Waals surface area (Å²) in [6.45, 7) is 13.9. The number of hydrogen-bond acceptors (Lipinski definition) is 3. The lowest BCUT2D eigenvalue weighted by molar-refractivity contribution is -0.140. The van der Waals surface area contributed by atoms with Crippen LogP contribution in [0, 0.1) is 16.6 Å². The van der Waals surface area contributed by atoms with Crippen molar-refractivity contribution in [2.24, 2.45) is 10.8 Å². The number of hydrogen-bond donors (Lipinski definition) is 1. The Labute approximate surface area is 173 Å². The summed E-state index contributed by atoms with van der Waals surface area (Å²) in [6, 6.07) is 5.74. The topological polar surface area (TPSA) is 61.9 Å². The molecule has 29 heavy (non-hydrogen) atoms. The molecule has 1 heterocycles. The van der Waals surface area contributed by atoms with E-state index in [9.17, 15) is 14.0 Å². The SMILES string of the molecule is CC(C)(C)C(=O)N1CCN(C(=O)NC(COc2ccccc2F)C(C)(C)C)CC1. The van der Waals surface area contributed by atoms with Crippen molar-refractivity contribution in [2.45, 2.75) is 47.6 Å². The Morgan fingerprint density at radius 3 is 2.10 bits per heavy atom. The molecule has 0 aromatic heterocycles. The first kappa shape index (κ1) is 23.0. The fourth-order valence-electron chi connectivity index (χ4n) is 3.07. The Balaban J connectivity index is 1.94. The van der Waals surface area contributed by atoms with Gasteiger partial charge in [-0.15, -0.1) is 0 Å². The van der Waals surface area contributed by atoms with Crippen molar-refractivity contribution in [3.63, 3.8) is 0 Å². The van der Waals surface area contributed by atoms with E-state index < -0.39 is 11.2 Å². The molecule has 0 radical (unpaired) electrons. The van der Waals surface area contributed by atoms with Crippen molar-refractivity contribution in [1.82, 2.24) is 15.1 Å². The van der Waals surface area contributed by atoms with E-state index in [-0.39, 0.29) is 35.8 Å². The van der Waals surface area contributed by atoms with Gasteiger partial charge < -0.3 is 19.9 Å². The lowest BCUT2D eigenvalue weighted by atomic mass is 9.87. The van der Waals surface area contributed by atoms with Crippen molar-refractivity contribution in [3.8, 4) is 5.75 Å². The van der Waals surface area contributed by atoms with Gasteiger partial charge in [0.2, 0.25) is 5.91 Å². The van der Waals surface area contributed by atoms with Gasteiger partial charge in [-0.1, -0.05) is 53.7 Å². The van der Waals surface area contributed by atoms with Gasteiger partial charge in [0.25, 0.3) is 0 Å². The van der Waals surface area contributed by atoms with Crippen LogP contribution in [0.2, 0.25) is 0 Å². The molecule has 162 valence electrons. The molecule has 0 saturated carbocycles. The number of carbonyl (C=O) groups excluding carboxylic acids is 2. The maximum atomic E-state index is 13.8. The minimum Gasteiger partial charge on any atom is -0.488 e. The molecule has 7 heteroatoms. The quantitative estimate of drug-likeness (QED) is 0.831. The van der Waals surface area contributed by atoms with Crippen LogP contribution in [0.5, 0.6) is 5.75 Å². The Morgan fingerprint density at radius 1 is 1.03 bits per heavy atom. The summed E-state index contributed by atoms with van der Waals surface area (Å²) in [4.78, 5) is 28.7. The fourth-order valence-corrected chi connectivity index (χ4v) is 3.07. The van der Waals surface area contributed by atoms with Gasteiger partial charge in [0.15, 0.2) is 11.6 Å². The van der Waals surface area contributed by atoms with E-state index in [1.54, 1.807) is 23.1 Å². The summed E-state index contributed by atoms with van der Waals surface area (Å²) in [5, 5.41) is 3.03. The molecule has 1 fully saturated rings. The number of carbonyl (C=O) groups is 2. The first-order valence-corrected chi connectivity index (χ1v) is 10.1. The van der Waals surface area contributed by atoms with E-state index in [2.05, 4.69) is 5.32 Å². The molecule has 0 bridgehead atoms. The first-order chi connectivity index (χ1) is 13.4. The Bertz CT molecular complexity index is 717. The van der Waals surface area contributed by atoms with E-state index in [1.165, 1.54) is 6.07 Å². The maximum absolute atomic E-state index is 13.8. The highest BCUT2D eigenvalue weighted by molar-refractivity contribution is 5.82. The zero-order valence-corrected chi connectivity index (χ0v) is 18.4. The molecule has 0 spiro atoms. The summed E-state index contributed by atoms with van der Waals surface area (Å²) in [6.07, 6.45) is 0. The second kappa shape index (κ2) is 9.01. The minimum atomic E-state index is -0.425. The number of amides is 3. The number of rotatable bonds is 4. The molecule has 2 rings (SSSR count). The van der Waals surface area contributed by atoms with E-state index in [4.69, 9.17) is 4.74 Å². The molecule has 0 aliphatic carbocycles. The lowest BCUT2D eigenvalue weighted by Crippen LogP contribution is -2.58. The summed E-state index contributed by atoms with van der Waals surface area (Å²) in [5.74, 6) is -0.153. The second-order valence-corrected chi connectivity index (χ2v) is 9.64. The third kappa shape index (κ3) is 6.34. The molecule has 1 N–H and O–H groups in total. The normalized spacial score (nSPS) is 16.4. The molecular formula is C22H34FN3O3. The van der Waals surface area contributed by atoms with Crippen LogP contribution in [-0.2, 0) is 4.79 Å². The number of halogens is 1. The number of para-hydroxylation sites is 1. The predicted octanol–water partition coefficient (Wildman–Crippen LogP) is 3.52. The fraction of sp³-hybridized carbons (Fsp3) is 0.636. The zero-order chi connectivity index (χ0) is 21.8. The zero-order valence-electron chi connectivity index (χ0n) is 18.4. The predicted molar refractivity (Wildman–Crippen MR) is 111 cm³/mol. The first-order valence-electron chi connectivity index (χ1n) is 10.1. The van der Waals surface area contributed by atoms with Crippen LogP contribution >= 0.6 is 0 Å². The second-order valence-electron chi connectivity index (χ2n) is 9.64. The van der Waals surface area contributed by atoms with Gasteiger partial charge in [0.1, 0.15) is 6.61 Å². The molecule has 1 unspecified atom stereocenters. The minimum absolute atomic E-state index is 0.100. The molecule has 1 aromatic carbocycles. The molecule has 1 aliphatic heterocycles. The highest BCUT2D eigenvalue weighted by Crippen LogP contribution is 2.23.